The van der Waals surface area contributed by atoms with E-state index in [4.69, 9.17) is 32.7 Å². The molecular weight excluding hydrogens is 363 g/mol. The predicted molar refractivity (Wildman–Crippen MR) is 94.2 cm³/mol. The lowest BCUT2D eigenvalue weighted by molar-refractivity contribution is -0.135. The Morgan fingerprint density at radius 1 is 1.16 bits per heavy atom. The largest absolute Gasteiger partial charge is 0.452 e. The van der Waals surface area contributed by atoms with Crippen LogP contribution in [0.15, 0.2) is 42.2 Å². The Morgan fingerprint density at radius 3 is 2.56 bits per heavy atom. The van der Waals surface area contributed by atoms with Gasteiger partial charge < -0.3 is 9.47 Å². The number of carbonyl (C=O) groups is 2. The molecule has 6 heteroatoms. The first-order chi connectivity index (χ1) is 12.0. The van der Waals surface area contributed by atoms with Gasteiger partial charge in [0.05, 0.1) is 11.5 Å². The number of esters is 1. The molecule has 0 N–H and O–H groups in total. The van der Waals surface area contributed by atoms with Crippen LogP contribution in [0.1, 0.15) is 28.8 Å². The third kappa shape index (κ3) is 3.15. The molecule has 126 valence electrons. The van der Waals surface area contributed by atoms with E-state index >= 15 is 0 Å². The smallest absolute Gasteiger partial charge is 0.314 e. The first kappa shape index (κ1) is 16.2. The molecule has 1 fully saturated rings. The molecule has 25 heavy (non-hydrogen) atoms. The van der Waals surface area contributed by atoms with Crippen LogP contribution in [0.5, 0.6) is 11.5 Å². The van der Waals surface area contributed by atoms with E-state index in [9.17, 15) is 9.59 Å². The van der Waals surface area contributed by atoms with Gasteiger partial charge in [-0.15, -0.1) is 0 Å². The lowest BCUT2D eigenvalue weighted by atomic mass is 10.1. The number of halogens is 2. The molecule has 1 aliphatic carbocycles. The van der Waals surface area contributed by atoms with E-state index in [2.05, 4.69) is 0 Å². The summed E-state index contributed by atoms with van der Waals surface area (Å²) in [6.07, 6.45) is 3.25. The van der Waals surface area contributed by atoms with Gasteiger partial charge in [0.25, 0.3) is 0 Å². The number of hydrogen-bond acceptors (Lipinski definition) is 4. The maximum atomic E-state index is 12.5. The molecule has 0 amide bonds. The second-order valence-corrected chi connectivity index (χ2v) is 6.74. The zero-order valence-corrected chi connectivity index (χ0v) is 14.4. The van der Waals surface area contributed by atoms with Crippen LogP contribution in [0.2, 0.25) is 10.0 Å². The van der Waals surface area contributed by atoms with Gasteiger partial charge in [0.1, 0.15) is 11.5 Å². The van der Waals surface area contributed by atoms with Crippen molar-refractivity contribution in [2.45, 2.75) is 12.8 Å². The van der Waals surface area contributed by atoms with Crippen molar-refractivity contribution < 1.29 is 19.1 Å². The molecule has 2 aromatic rings. The lowest BCUT2D eigenvalue weighted by Gasteiger charge is -2.05. The Hall–Kier alpha value is -2.30. The van der Waals surface area contributed by atoms with Crippen molar-refractivity contribution in [3.05, 3.63) is 63.3 Å². The summed E-state index contributed by atoms with van der Waals surface area (Å²) in [5, 5.41) is 0.845. The summed E-state index contributed by atoms with van der Waals surface area (Å²) >= 11 is 12.3. The first-order valence-corrected chi connectivity index (χ1v) is 8.52. The van der Waals surface area contributed by atoms with Gasteiger partial charge in [0, 0.05) is 21.7 Å². The van der Waals surface area contributed by atoms with Crippen molar-refractivity contribution >= 4 is 41.0 Å². The van der Waals surface area contributed by atoms with Gasteiger partial charge in [0.15, 0.2) is 5.76 Å². The average molecular weight is 375 g/mol. The lowest BCUT2D eigenvalue weighted by Crippen LogP contribution is -2.09. The number of Topliss-reactive ketones (excluding diaryl/α,β-unsaturated/α-hetero) is 1. The number of benzene rings is 2. The van der Waals surface area contributed by atoms with Crippen molar-refractivity contribution in [1.29, 1.82) is 0 Å². The molecule has 1 aliphatic heterocycles. The Morgan fingerprint density at radius 2 is 1.88 bits per heavy atom. The van der Waals surface area contributed by atoms with E-state index in [1.54, 1.807) is 36.4 Å². The number of hydrogen-bond donors (Lipinski definition) is 0. The van der Waals surface area contributed by atoms with Gasteiger partial charge >= 0.3 is 5.97 Å². The summed E-state index contributed by atoms with van der Waals surface area (Å²) in [6, 6.07) is 9.81. The van der Waals surface area contributed by atoms with Crippen LogP contribution >= 0.6 is 23.2 Å². The predicted octanol–water partition coefficient (Wildman–Crippen LogP) is 4.93. The Kier molecular flexibility index (Phi) is 4.02. The monoisotopic (exact) mass is 374 g/mol. The maximum Gasteiger partial charge on any atom is 0.314 e. The minimum atomic E-state index is -0.272. The SMILES string of the molecule is O=C1/C(=C/c2c(Cl)cccc2Cl)Oc2cc(OC(=O)C3CC3)ccc21. The Balaban J connectivity index is 1.62. The van der Waals surface area contributed by atoms with Crippen LogP contribution in [0, 0.1) is 5.92 Å². The zero-order valence-electron chi connectivity index (χ0n) is 12.9. The summed E-state index contributed by atoms with van der Waals surface area (Å²) in [6.45, 7) is 0. The van der Waals surface area contributed by atoms with E-state index in [0.717, 1.165) is 12.8 Å². The minimum Gasteiger partial charge on any atom is -0.452 e. The topological polar surface area (TPSA) is 52.6 Å². The molecule has 0 bridgehead atoms. The summed E-state index contributed by atoms with van der Waals surface area (Å²) in [7, 11) is 0. The molecule has 0 spiro atoms. The van der Waals surface area contributed by atoms with E-state index in [1.807, 2.05) is 0 Å². The molecule has 4 nitrogen and oxygen atoms in total. The van der Waals surface area contributed by atoms with E-state index < -0.39 is 0 Å². The van der Waals surface area contributed by atoms with Crippen LogP contribution in [0.3, 0.4) is 0 Å². The Labute approximate surface area is 153 Å². The number of fused-ring (bicyclic) bond motifs is 1. The van der Waals surface area contributed by atoms with Crippen molar-refractivity contribution in [2.75, 3.05) is 0 Å². The fourth-order valence-electron chi connectivity index (χ4n) is 2.53. The summed E-state index contributed by atoms with van der Waals surface area (Å²) in [4.78, 5) is 24.2. The second-order valence-electron chi connectivity index (χ2n) is 5.93. The van der Waals surface area contributed by atoms with Crippen LogP contribution in [0.25, 0.3) is 6.08 Å². The van der Waals surface area contributed by atoms with Crippen molar-refractivity contribution in [3.8, 4) is 11.5 Å². The van der Waals surface area contributed by atoms with E-state index in [0.29, 0.717) is 32.7 Å². The third-order valence-electron chi connectivity index (χ3n) is 4.05. The van der Waals surface area contributed by atoms with Crippen LogP contribution in [-0.4, -0.2) is 11.8 Å². The molecule has 0 aromatic heterocycles. The van der Waals surface area contributed by atoms with Crippen LogP contribution < -0.4 is 9.47 Å². The molecular formula is C19H12Cl2O4. The van der Waals surface area contributed by atoms with Gasteiger partial charge in [-0.2, -0.15) is 0 Å². The van der Waals surface area contributed by atoms with Crippen molar-refractivity contribution in [2.24, 2.45) is 5.92 Å². The Bertz CT molecular complexity index is 909. The van der Waals surface area contributed by atoms with Crippen LogP contribution in [0.4, 0.5) is 0 Å². The summed E-state index contributed by atoms with van der Waals surface area (Å²) < 4.78 is 10.9. The van der Waals surface area contributed by atoms with E-state index in [1.165, 1.54) is 6.08 Å². The molecule has 1 saturated carbocycles. The summed E-state index contributed by atoms with van der Waals surface area (Å²) in [5.41, 5.74) is 0.919. The second kappa shape index (κ2) is 6.21. The molecule has 0 atom stereocenters. The van der Waals surface area contributed by atoms with E-state index in [-0.39, 0.29) is 23.4 Å². The highest BCUT2D eigenvalue weighted by molar-refractivity contribution is 6.37. The molecule has 1 heterocycles. The van der Waals surface area contributed by atoms with Gasteiger partial charge in [-0.25, -0.2) is 0 Å². The van der Waals surface area contributed by atoms with Gasteiger partial charge in [-0.3, -0.25) is 9.59 Å². The molecule has 0 unspecified atom stereocenters. The fourth-order valence-corrected chi connectivity index (χ4v) is 3.04. The quantitative estimate of drug-likeness (QED) is 0.434. The third-order valence-corrected chi connectivity index (χ3v) is 4.70. The number of ether oxygens (including phenoxy) is 2. The van der Waals surface area contributed by atoms with Crippen molar-refractivity contribution in [3.63, 3.8) is 0 Å². The standard InChI is InChI=1S/C19H12Cl2O4/c20-14-2-1-3-15(21)13(14)9-17-18(22)12-7-6-11(8-16(12)25-17)24-19(23)10-4-5-10/h1-3,6-10H,4-5H2/b17-9-. The maximum absolute atomic E-state index is 12.5. The number of carbonyl (C=O) groups excluding carboxylic acids is 2. The average Bonchev–Trinajstić information content (AvgIpc) is 3.38. The van der Waals surface area contributed by atoms with Gasteiger partial charge in [-0.1, -0.05) is 29.3 Å². The molecule has 4 rings (SSSR count). The zero-order chi connectivity index (χ0) is 17.6. The fraction of sp³-hybridized carbons (Fsp3) is 0.158. The molecule has 2 aliphatic rings. The minimum absolute atomic E-state index is 0.00590. The van der Waals surface area contributed by atoms with Crippen molar-refractivity contribution in [1.82, 2.24) is 0 Å². The molecule has 0 radical (unpaired) electrons. The molecule has 2 aromatic carbocycles. The normalized spacial score (nSPS) is 17.4. The van der Waals surface area contributed by atoms with Gasteiger partial charge in [-0.05, 0) is 43.2 Å². The number of ketones is 1. The highest BCUT2D eigenvalue weighted by Gasteiger charge is 2.33. The number of allylic oxidation sites excluding steroid dienone is 1. The highest BCUT2D eigenvalue weighted by atomic mass is 35.5. The number of rotatable bonds is 3. The molecule has 0 saturated heterocycles. The van der Waals surface area contributed by atoms with Gasteiger partial charge in [0.2, 0.25) is 5.78 Å². The highest BCUT2D eigenvalue weighted by Crippen LogP contribution is 2.37. The van der Waals surface area contributed by atoms with Crippen LogP contribution in [-0.2, 0) is 4.79 Å². The summed E-state index contributed by atoms with van der Waals surface area (Å²) in [5.74, 6) is 0.305. The first-order valence-electron chi connectivity index (χ1n) is 7.77.